The molecule has 2 rings (SSSR count). The predicted molar refractivity (Wildman–Crippen MR) is 85.8 cm³/mol. The van der Waals surface area contributed by atoms with Crippen LogP contribution in [0, 0.1) is 19.7 Å². The van der Waals surface area contributed by atoms with Crippen LogP contribution in [0.25, 0.3) is 0 Å². The highest BCUT2D eigenvalue weighted by molar-refractivity contribution is 6.31. The second kappa shape index (κ2) is 7.03. The molecule has 0 fully saturated rings. The fraction of sp³-hybridized carbons (Fsp3) is 0.294. The van der Waals surface area contributed by atoms with E-state index in [1.165, 1.54) is 22.8 Å². The fourth-order valence-electron chi connectivity index (χ4n) is 2.45. The van der Waals surface area contributed by atoms with Crippen molar-refractivity contribution in [3.63, 3.8) is 0 Å². The molecule has 112 valence electrons. The van der Waals surface area contributed by atoms with Crippen molar-refractivity contribution < 1.29 is 4.39 Å². The van der Waals surface area contributed by atoms with E-state index in [0.29, 0.717) is 17.0 Å². The second-order valence-electron chi connectivity index (χ2n) is 5.40. The van der Waals surface area contributed by atoms with Gasteiger partial charge in [-0.3, -0.25) is 11.3 Å². The number of benzene rings is 2. The summed E-state index contributed by atoms with van der Waals surface area (Å²) in [6, 6.07) is 11.0. The molecular weight excluding hydrogens is 287 g/mol. The minimum Gasteiger partial charge on any atom is -0.271 e. The topological polar surface area (TPSA) is 38.0 Å². The number of nitrogens with two attached hydrogens (primary N) is 1. The predicted octanol–water partition coefficient (Wildman–Crippen LogP) is 3.71. The van der Waals surface area contributed by atoms with Crippen molar-refractivity contribution in [2.45, 2.75) is 32.7 Å². The van der Waals surface area contributed by atoms with E-state index in [4.69, 9.17) is 17.4 Å². The summed E-state index contributed by atoms with van der Waals surface area (Å²) in [4.78, 5) is 0. The number of halogens is 2. The molecule has 21 heavy (non-hydrogen) atoms. The number of rotatable bonds is 5. The van der Waals surface area contributed by atoms with Gasteiger partial charge in [0.1, 0.15) is 5.82 Å². The SMILES string of the molecule is Cc1ccc(C)c(CC(Cc2c(F)cccc2Cl)NN)c1. The van der Waals surface area contributed by atoms with Crippen molar-refractivity contribution >= 4 is 11.6 Å². The van der Waals surface area contributed by atoms with E-state index in [-0.39, 0.29) is 11.9 Å². The Kier molecular flexibility index (Phi) is 5.34. The molecule has 2 aromatic carbocycles. The van der Waals surface area contributed by atoms with Gasteiger partial charge in [-0.15, -0.1) is 0 Å². The van der Waals surface area contributed by atoms with E-state index in [0.717, 1.165) is 6.42 Å². The molecule has 0 aliphatic heterocycles. The number of hydrogen-bond donors (Lipinski definition) is 2. The van der Waals surface area contributed by atoms with E-state index in [1.807, 2.05) is 0 Å². The zero-order chi connectivity index (χ0) is 15.4. The normalized spacial score (nSPS) is 12.4. The summed E-state index contributed by atoms with van der Waals surface area (Å²) in [6.07, 6.45) is 1.18. The molecule has 4 heteroatoms. The Labute approximate surface area is 130 Å². The maximum atomic E-state index is 13.9. The highest BCUT2D eigenvalue weighted by Gasteiger charge is 2.15. The molecule has 0 bridgehead atoms. The van der Waals surface area contributed by atoms with Gasteiger partial charge in [-0.25, -0.2) is 4.39 Å². The van der Waals surface area contributed by atoms with Gasteiger partial charge in [-0.1, -0.05) is 41.4 Å². The highest BCUT2D eigenvalue weighted by Crippen LogP contribution is 2.22. The molecule has 1 unspecified atom stereocenters. The van der Waals surface area contributed by atoms with E-state index in [2.05, 4.69) is 37.5 Å². The van der Waals surface area contributed by atoms with Crippen LogP contribution in [0.1, 0.15) is 22.3 Å². The summed E-state index contributed by atoms with van der Waals surface area (Å²) < 4.78 is 13.9. The summed E-state index contributed by atoms with van der Waals surface area (Å²) in [6.45, 7) is 4.12. The molecule has 0 amide bonds. The minimum atomic E-state index is -0.288. The van der Waals surface area contributed by atoms with Gasteiger partial charge in [0.2, 0.25) is 0 Å². The molecular formula is C17H20ClFN2. The van der Waals surface area contributed by atoms with Gasteiger partial charge in [0.05, 0.1) is 0 Å². The van der Waals surface area contributed by atoms with Crippen molar-refractivity contribution in [3.8, 4) is 0 Å². The summed E-state index contributed by atoms with van der Waals surface area (Å²) in [5, 5.41) is 0.441. The quantitative estimate of drug-likeness (QED) is 0.653. The molecule has 2 aromatic rings. The average molecular weight is 307 g/mol. The van der Waals surface area contributed by atoms with E-state index < -0.39 is 0 Å². The third-order valence-corrected chi connectivity index (χ3v) is 4.07. The van der Waals surface area contributed by atoms with E-state index >= 15 is 0 Å². The van der Waals surface area contributed by atoms with Crippen LogP contribution in [0.2, 0.25) is 5.02 Å². The first-order chi connectivity index (χ1) is 10.0. The van der Waals surface area contributed by atoms with Crippen LogP contribution >= 0.6 is 11.6 Å². The van der Waals surface area contributed by atoms with Crippen molar-refractivity contribution in [2.24, 2.45) is 5.84 Å². The Morgan fingerprint density at radius 2 is 1.95 bits per heavy atom. The van der Waals surface area contributed by atoms with Gasteiger partial charge in [0.25, 0.3) is 0 Å². The molecule has 0 aliphatic carbocycles. The lowest BCUT2D eigenvalue weighted by Crippen LogP contribution is -2.38. The first-order valence-electron chi connectivity index (χ1n) is 6.96. The lowest BCUT2D eigenvalue weighted by Gasteiger charge is -2.19. The Bertz CT molecular complexity index is 608. The van der Waals surface area contributed by atoms with E-state index in [9.17, 15) is 4.39 Å². The summed E-state index contributed by atoms with van der Waals surface area (Å²) in [7, 11) is 0. The first kappa shape index (κ1) is 16.0. The Balaban J connectivity index is 2.19. The number of aryl methyl sites for hydroxylation is 2. The highest BCUT2D eigenvalue weighted by atomic mass is 35.5. The van der Waals surface area contributed by atoms with Gasteiger partial charge < -0.3 is 0 Å². The molecule has 0 saturated carbocycles. The van der Waals surface area contributed by atoms with Crippen LogP contribution in [0.5, 0.6) is 0 Å². The fourth-order valence-corrected chi connectivity index (χ4v) is 2.69. The van der Waals surface area contributed by atoms with Gasteiger partial charge in [-0.2, -0.15) is 0 Å². The van der Waals surface area contributed by atoms with Crippen LogP contribution in [0.4, 0.5) is 4.39 Å². The van der Waals surface area contributed by atoms with Gasteiger partial charge in [0, 0.05) is 16.6 Å². The third-order valence-electron chi connectivity index (χ3n) is 3.72. The molecule has 0 aliphatic rings. The smallest absolute Gasteiger partial charge is 0.127 e. The molecule has 0 spiro atoms. The Morgan fingerprint density at radius 1 is 1.19 bits per heavy atom. The molecule has 0 saturated heterocycles. The first-order valence-corrected chi connectivity index (χ1v) is 7.34. The van der Waals surface area contributed by atoms with Crippen LogP contribution < -0.4 is 11.3 Å². The summed E-state index contributed by atoms with van der Waals surface area (Å²) >= 11 is 6.08. The van der Waals surface area contributed by atoms with Crippen LogP contribution in [0.3, 0.4) is 0 Å². The monoisotopic (exact) mass is 306 g/mol. The number of hydrazine groups is 1. The lowest BCUT2D eigenvalue weighted by atomic mass is 9.95. The zero-order valence-corrected chi connectivity index (χ0v) is 13.0. The van der Waals surface area contributed by atoms with Crippen LogP contribution in [-0.4, -0.2) is 6.04 Å². The lowest BCUT2D eigenvalue weighted by molar-refractivity contribution is 0.506. The van der Waals surface area contributed by atoms with Crippen LogP contribution in [-0.2, 0) is 12.8 Å². The summed E-state index contributed by atoms with van der Waals surface area (Å²) in [5.41, 5.74) is 6.91. The van der Waals surface area contributed by atoms with Gasteiger partial charge >= 0.3 is 0 Å². The van der Waals surface area contributed by atoms with Gasteiger partial charge in [0.15, 0.2) is 0 Å². The van der Waals surface area contributed by atoms with Gasteiger partial charge in [-0.05, 0) is 49.9 Å². The van der Waals surface area contributed by atoms with Crippen molar-refractivity contribution in [1.82, 2.24) is 5.43 Å². The molecule has 2 nitrogen and oxygen atoms in total. The van der Waals surface area contributed by atoms with Crippen LogP contribution in [0.15, 0.2) is 36.4 Å². The molecule has 0 heterocycles. The standard InChI is InChI=1S/C17H20ClFN2/c1-11-6-7-12(2)13(8-11)9-14(21-20)10-15-16(18)4-3-5-17(15)19/h3-8,14,21H,9-10,20H2,1-2H3. The largest absolute Gasteiger partial charge is 0.271 e. The zero-order valence-electron chi connectivity index (χ0n) is 12.3. The van der Waals surface area contributed by atoms with Crippen molar-refractivity contribution in [3.05, 3.63) is 69.5 Å². The second-order valence-corrected chi connectivity index (χ2v) is 5.81. The maximum Gasteiger partial charge on any atom is 0.127 e. The summed E-state index contributed by atoms with van der Waals surface area (Å²) in [5.74, 6) is 5.35. The third kappa shape index (κ3) is 4.03. The number of hydrogen-bond acceptors (Lipinski definition) is 2. The van der Waals surface area contributed by atoms with Crippen molar-refractivity contribution in [2.75, 3.05) is 0 Å². The Morgan fingerprint density at radius 3 is 2.62 bits per heavy atom. The molecule has 1 atom stereocenters. The molecule has 0 radical (unpaired) electrons. The Hall–Kier alpha value is -1.42. The number of nitrogens with one attached hydrogen (secondary N) is 1. The minimum absolute atomic E-state index is 0.0695. The van der Waals surface area contributed by atoms with Crippen molar-refractivity contribution in [1.29, 1.82) is 0 Å². The maximum absolute atomic E-state index is 13.9. The van der Waals surface area contributed by atoms with E-state index in [1.54, 1.807) is 12.1 Å². The molecule has 3 N–H and O–H groups in total. The average Bonchev–Trinajstić information content (AvgIpc) is 2.45. The molecule has 0 aromatic heterocycles.